The lowest BCUT2D eigenvalue weighted by Crippen LogP contribution is -2.30. The van der Waals surface area contributed by atoms with Gasteiger partial charge in [-0.3, -0.25) is 0 Å². The van der Waals surface area contributed by atoms with Crippen LogP contribution in [0.15, 0.2) is 315 Å². The molecule has 12 aromatic carbocycles. The third-order valence-electron chi connectivity index (χ3n) is 17.5. The molecule has 0 unspecified atom stereocenters. The summed E-state index contributed by atoms with van der Waals surface area (Å²) in [6, 6.07) is 100. The van der Waals surface area contributed by atoms with Crippen molar-refractivity contribution in [3.8, 4) is 45.3 Å². The second-order valence-corrected chi connectivity index (χ2v) is 34.8. The van der Waals surface area contributed by atoms with E-state index < -0.39 is 28.6 Å². The molecule has 0 N–H and O–H groups in total. The summed E-state index contributed by atoms with van der Waals surface area (Å²) in [5.41, 5.74) is 2.56. The first-order chi connectivity index (χ1) is 45.8. The Kier molecular flexibility index (Phi) is 18.5. The molecular weight excluding hydrogens is 1240 g/mol. The predicted molar refractivity (Wildman–Crippen MR) is 391 cm³/mol. The van der Waals surface area contributed by atoms with Crippen LogP contribution in [0, 0.1) is 0 Å². The first-order valence-corrected chi connectivity index (χ1v) is 38.7. The van der Waals surface area contributed by atoms with Gasteiger partial charge in [0.25, 0.3) is 0 Å². The van der Waals surface area contributed by atoms with Gasteiger partial charge in [0.2, 0.25) is 0 Å². The van der Waals surface area contributed by atoms with Gasteiger partial charge in [-0.15, -0.1) is 0 Å². The van der Waals surface area contributed by atoms with Crippen molar-refractivity contribution >= 4 is 92.2 Å². The van der Waals surface area contributed by atoms with Gasteiger partial charge in [-0.1, -0.05) is 267 Å². The molecule has 0 bridgehead atoms. The molecule has 0 aromatic heterocycles. The fourth-order valence-electron chi connectivity index (χ4n) is 13.3. The summed E-state index contributed by atoms with van der Waals surface area (Å²) >= 11 is 0. The number of hydrogen-bond acceptors (Lipinski definition) is 8. The third kappa shape index (κ3) is 12.0. The van der Waals surface area contributed by atoms with Gasteiger partial charge in [0.1, 0.15) is 23.0 Å². The molecule has 2 aliphatic rings. The summed E-state index contributed by atoms with van der Waals surface area (Å²) in [5.74, 6) is 2.34. The Labute approximate surface area is 551 Å². The zero-order valence-electron chi connectivity index (χ0n) is 52.8. The highest BCUT2D eigenvalue weighted by molar-refractivity contribution is 7.87. The summed E-state index contributed by atoms with van der Waals surface area (Å²) in [6.45, 7) is 8.11. The van der Waals surface area contributed by atoms with Gasteiger partial charge in [-0.05, 0) is 76.2 Å². The van der Waals surface area contributed by atoms with E-state index in [0.29, 0.717) is 122 Å². The Balaban J connectivity index is 0.000000171. The summed E-state index contributed by atoms with van der Waals surface area (Å²) in [4.78, 5) is 0. The van der Waals surface area contributed by atoms with E-state index in [-0.39, 0.29) is 24.4 Å². The number of fused-ring (bicyclic) bond motifs is 6. The Bertz CT molecular complexity index is 4030. The molecule has 0 spiro atoms. The average molecular weight is 1310 g/mol. The van der Waals surface area contributed by atoms with E-state index in [1.165, 1.54) is 0 Å². The minimum Gasteiger partial charge on any atom is -0.490 e. The van der Waals surface area contributed by atoms with E-state index in [2.05, 4.69) is 0 Å². The predicted octanol–water partition coefficient (Wildman–Crippen LogP) is 15.1. The molecule has 2 heterocycles. The Morgan fingerprint density at radius 3 is 0.511 bits per heavy atom. The first kappa shape index (κ1) is 63.5. The van der Waals surface area contributed by atoms with Gasteiger partial charge in [0, 0.05) is 98.7 Å². The number of ether oxygens (including phenoxy) is 4. The second-order valence-electron chi connectivity index (χ2n) is 23.9. The topological polar surface area (TPSA) is 105 Å². The lowest BCUT2D eigenvalue weighted by atomic mass is 10.0. The molecule has 12 heteroatoms. The molecule has 0 fully saturated rings. The molecular formula is C82H72O8P4. The van der Waals surface area contributed by atoms with Crippen LogP contribution in [0.1, 0.15) is 40.5 Å². The third-order valence-corrected chi connectivity index (χ3v) is 29.9. The standard InChI is InChI=1S/2C41H36O4P2/c2*1-30-29-31(2)45-37-26-16-28-39(47(43,34-21-11-5-12-22-34)35-23-13-6-14-24-35)41(37)40-36(44-30)25-15-27-38(40)46(42,32-17-7-3-8-18-32)33-19-9-4-10-20-33/h2*3-28,30-31H,29H2,1-2H3/t2*30-,31-/m11/s1. The maximum Gasteiger partial charge on any atom is 0.171 e. The minimum atomic E-state index is -3.52. The lowest BCUT2D eigenvalue weighted by molar-refractivity contribution is 0.134. The highest BCUT2D eigenvalue weighted by Gasteiger charge is 2.43. The molecule has 0 saturated carbocycles. The van der Waals surface area contributed by atoms with Crippen LogP contribution < -0.4 is 82.6 Å². The average Bonchev–Trinajstić information content (AvgIpc) is 0.904. The molecule has 2 aliphatic heterocycles. The number of hydrogen-bond donors (Lipinski definition) is 0. The highest BCUT2D eigenvalue weighted by atomic mass is 31.2. The van der Waals surface area contributed by atoms with Crippen LogP contribution >= 0.6 is 28.6 Å². The van der Waals surface area contributed by atoms with Gasteiger partial charge in [-0.2, -0.15) is 0 Å². The fourth-order valence-corrected chi connectivity index (χ4v) is 24.8. The van der Waals surface area contributed by atoms with Gasteiger partial charge < -0.3 is 37.2 Å². The molecule has 0 radical (unpaired) electrons. The molecule has 0 saturated heterocycles. The number of benzene rings is 12. The van der Waals surface area contributed by atoms with Crippen LogP contribution in [0.5, 0.6) is 23.0 Å². The molecule has 4 atom stereocenters. The van der Waals surface area contributed by atoms with Crippen LogP contribution in [0.3, 0.4) is 0 Å². The molecule has 14 rings (SSSR count). The van der Waals surface area contributed by atoms with Crippen molar-refractivity contribution < 1.29 is 37.2 Å². The van der Waals surface area contributed by atoms with Crippen molar-refractivity contribution in [3.63, 3.8) is 0 Å². The van der Waals surface area contributed by atoms with E-state index >= 15 is 18.3 Å². The minimum absolute atomic E-state index is 0.195. The van der Waals surface area contributed by atoms with Crippen LogP contribution in [0.25, 0.3) is 22.3 Å². The number of rotatable bonds is 12. The second kappa shape index (κ2) is 27.4. The van der Waals surface area contributed by atoms with Gasteiger partial charge >= 0.3 is 0 Å². The van der Waals surface area contributed by atoms with Crippen LogP contribution in [-0.4, -0.2) is 24.4 Å². The molecule has 0 amide bonds. The van der Waals surface area contributed by atoms with Crippen molar-refractivity contribution in [1.82, 2.24) is 0 Å². The maximum atomic E-state index is 16.1. The molecule has 0 aliphatic carbocycles. The SMILES string of the molecule is C[C@@H]1C[C@@H](C)Oc2cccc(P(=O)(c3ccccc3)c3ccccc3)c2-c2c(cccc2P(=O)(c2ccccc2)c2ccccc2)O1.C[C@@H]1C[C@@H](C)Oc2cccc(P(=O)(c3ccccc3)c3ccccc3)c2-c2c(cccc2P(=O)(c2ccccc2)c2ccccc2)O1. The van der Waals surface area contributed by atoms with Crippen molar-refractivity contribution in [2.75, 3.05) is 0 Å². The monoisotopic (exact) mass is 1310 g/mol. The van der Waals surface area contributed by atoms with Crippen molar-refractivity contribution in [2.45, 2.75) is 65.0 Å². The Hall–Kier alpha value is -9.24. The van der Waals surface area contributed by atoms with E-state index in [1.54, 1.807) is 0 Å². The van der Waals surface area contributed by atoms with Gasteiger partial charge in [-0.25, -0.2) is 0 Å². The Morgan fingerprint density at radius 1 is 0.213 bits per heavy atom. The first-order valence-electron chi connectivity index (χ1n) is 31.9. The lowest BCUT2D eigenvalue weighted by Gasteiger charge is -2.28. The van der Waals surface area contributed by atoms with Gasteiger partial charge in [0.05, 0.1) is 24.4 Å². The van der Waals surface area contributed by atoms with E-state index in [9.17, 15) is 0 Å². The normalized spacial score (nSPS) is 16.3. The summed E-state index contributed by atoms with van der Waals surface area (Å²) in [6.07, 6.45) is 0.494. The smallest absolute Gasteiger partial charge is 0.171 e. The van der Waals surface area contributed by atoms with Crippen molar-refractivity contribution in [2.24, 2.45) is 0 Å². The molecule has 8 nitrogen and oxygen atoms in total. The van der Waals surface area contributed by atoms with Crippen LogP contribution in [-0.2, 0) is 18.3 Å². The zero-order valence-corrected chi connectivity index (χ0v) is 56.4. The van der Waals surface area contributed by atoms with E-state index in [0.717, 1.165) is 0 Å². The molecule has 94 heavy (non-hydrogen) atoms. The quantitative estimate of drug-likeness (QED) is 0.111. The van der Waals surface area contributed by atoms with Crippen molar-refractivity contribution in [1.29, 1.82) is 0 Å². The summed E-state index contributed by atoms with van der Waals surface area (Å²) < 4.78 is 91.2. The Morgan fingerprint density at radius 2 is 0.362 bits per heavy atom. The van der Waals surface area contributed by atoms with Crippen molar-refractivity contribution in [3.05, 3.63) is 315 Å². The zero-order chi connectivity index (χ0) is 64.9. The molecule has 12 aromatic rings. The summed E-state index contributed by atoms with van der Waals surface area (Å²) in [5, 5.41) is 8.07. The van der Waals surface area contributed by atoms with E-state index in [4.69, 9.17) is 18.9 Å². The van der Waals surface area contributed by atoms with Crippen LogP contribution in [0.4, 0.5) is 0 Å². The van der Waals surface area contributed by atoms with Gasteiger partial charge in [0.15, 0.2) is 28.6 Å². The fraction of sp³-hybridized carbons (Fsp3) is 0.122. The van der Waals surface area contributed by atoms with Crippen LogP contribution in [0.2, 0.25) is 0 Å². The van der Waals surface area contributed by atoms with E-state index in [1.807, 2.05) is 343 Å². The molecule has 468 valence electrons. The highest BCUT2D eigenvalue weighted by Crippen LogP contribution is 2.56. The summed E-state index contributed by atoms with van der Waals surface area (Å²) in [7, 11) is -14.1. The maximum absolute atomic E-state index is 16.1. The largest absolute Gasteiger partial charge is 0.490 e.